The highest BCUT2D eigenvalue weighted by atomic mass is 16.6. The van der Waals surface area contributed by atoms with Crippen LogP contribution in [-0.2, 0) is 76.5 Å². The summed E-state index contributed by atoms with van der Waals surface area (Å²) in [5.41, 5.74) is 0. The number of Topliss-reactive ketones (excluding diaryl/α,β-unsaturated/α-hetero) is 10. The topological polar surface area (TPSA) is 250 Å². The third-order valence-corrected chi connectivity index (χ3v) is 12.5. The van der Waals surface area contributed by atoms with Crippen LogP contribution in [0.25, 0.3) is 0 Å². The van der Waals surface area contributed by atoms with Gasteiger partial charge in [-0.2, -0.15) is 0 Å². The molecule has 0 atom stereocenters. The van der Waals surface area contributed by atoms with Crippen molar-refractivity contribution in [1.29, 1.82) is 0 Å². The summed E-state index contributed by atoms with van der Waals surface area (Å²) < 4.78 is 16.3. The van der Waals surface area contributed by atoms with Crippen LogP contribution in [0.2, 0.25) is 0 Å². The summed E-state index contributed by atoms with van der Waals surface area (Å²) in [6, 6.07) is 0. The van der Waals surface area contributed by atoms with Crippen molar-refractivity contribution in [2.24, 2.45) is 0 Å². The highest BCUT2D eigenvalue weighted by molar-refractivity contribution is 6.49. The minimum absolute atomic E-state index is 0.0297. The van der Waals surface area contributed by atoms with Crippen LogP contribution in [0.1, 0.15) is 265 Å². The average molecular weight is 1030 g/mol. The first kappa shape index (κ1) is 68.1. The van der Waals surface area contributed by atoms with E-state index in [1.165, 1.54) is 6.42 Å². The fourth-order valence-corrected chi connectivity index (χ4v) is 7.79. The Morgan fingerprint density at radius 1 is 0.247 bits per heavy atom. The molecule has 0 saturated carbocycles. The second-order valence-electron chi connectivity index (χ2n) is 19.3. The number of unbranched alkanes of at least 4 members (excludes halogenated alkanes) is 21. The lowest BCUT2D eigenvalue weighted by Crippen LogP contribution is -2.30. The minimum atomic E-state index is -1.05. The van der Waals surface area contributed by atoms with Gasteiger partial charge in [-0.05, 0) is 57.8 Å². The van der Waals surface area contributed by atoms with Crippen molar-refractivity contribution in [2.45, 2.75) is 271 Å². The molecule has 414 valence electrons. The van der Waals surface area contributed by atoms with Gasteiger partial charge in [0.1, 0.15) is 13.2 Å². The van der Waals surface area contributed by atoms with Gasteiger partial charge in [0, 0.05) is 57.8 Å². The van der Waals surface area contributed by atoms with Gasteiger partial charge in [0.15, 0.2) is 40.8 Å². The number of ketones is 10. The molecular weight excluding hydrogens is 941 g/mol. The van der Waals surface area contributed by atoms with E-state index in [1.54, 1.807) is 0 Å². The normalized spacial score (nSPS) is 11.0. The van der Waals surface area contributed by atoms with E-state index in [4.69, 9.17) is 14.2 Å². The zero-order valence-corrected chi connectivity index (χ0v) is 44.9. The molecule has 0 aliphatic rings. The smallest absolute Gasteiger partial charge is 0.306 e. The van der Waals surface area contributed by atoms with Crippen LogP contribution >= 0.6 is 0 Å². The first-order valence-corrected chi connectivity index (χ1v) is 27.9. The Balaban J connectivity index is 4.79. The predicted molar refractivity (Wildman–Crippen MR) is 274 cm³/mol. The highest BCUT2D eigenvalue weighted by Crippen LogP contribution is 2.15. The Hall–Kier alpha value is -4.89. The number of esters is 3. The van der Waals surface area contributed by atoms with Gasteiger partial charge in [0.05, 0.1) is 12.8 Å². The van der Waals surface area contributed by atoms with Gasteiger partial charge in [-0.15, -0.1) is 0 Å². The molecule has 0 aliphatic carbocycles. The van der Waals surface area contributed by atoms with E-state index in [9.17, 15) is 62.3 Å². The molecular formula is C57H90O16. The number of rotatable bonds is 53. The van der Waals surface area contributed by atoms with Crippen LogP contribution < -0.4 is 0 Å². The molecule has 0 spiro atoms. The largest absolute Gasteiger partial charge is 0.462 e. The molecule has 0 N–H and O–H groups in total. The quantitative estimate of drug-likeness (QED) is 0.0181. The number of carbonyl (C=O) groups excluding carboxylic acids is 13. The molecule has 0 aromatic carbocycles. The Bertz CT molecular complexity index is 1640. The third kappa shape index (κ3) is 39.3. The van der Waals surface area contributed by atoms with Crippen LogP contribution in [-0.4, -0.2) is 95.1 Å². The van der Waals surface area contributed by atoms with Gasteiger partial charge in [-0.25, -0.2) is 0 Å². The molecule has 0 aliphatic heterocycles. The first-order chi connectivity index (χ1) is 35.1. The van der Waals surface area contributed by atoms with E-state index in [-0.39, 0.29) is 76.1 Å². The van der Waals surface area contributed by atoms with Crippen LogP contribution in [0.5, 0.6) is 0 Å². The van der Waals surface area contributed by atoms with Gasteiger partial charge in [0.2, 0.25) is 23.1 Å². The zero-order valence-electron chi connectivity index (χ0n) is 44.9. The second kappa shape index (κ2) is 45.7. The SMILES string of the molecule is CCCCCCCCC(=O)C(=O)CCCCCCCC(=O)OC(COC(=O)CCCCCCCC(=O)C(=O)CC(=O)C(=O)CCCCC)COC(=O)CCCCCCCC(=O)C(=O)CC(=O)C(=O)CCCCC. The van der Waals surface area contributed by atoms with Crippen molar-refractivity contribution in [3.63, 3.8) is 0 Å². The van der Waals surface area contributed by atoms with E-state index in [2.05, 4.69) is 6.92 Å². The lowest BCUT2D eigenvalue weighted by molar-refractivity contribution is -0.167. The first-order valence-electron chi connectivity index (χ1n) is 27.9. The molecule has 0 bridgehead atoms. The molecule has 0 heterocycles. The Morgan fingerprint density at radius 3 is 0.740 bits per heavy atom. The maximum Gasteiger partial charge on any atom is 0.306 e. The van der Waals surface area contributed by atoms with E-state index in [0.717, 1.165) is 70.6 Å². The van der Waals surface area contributed by atoms with Crippen molar-refractivity contribution in [2.75, 3.05) is 13.2 Å². The molecule has 0 rings (SSSR count). The summed E-state index contributed by atoms with van der Waals surface area (Å²) in [5, 5.41) is 0. The Kier molecular flexibility index (Phi) is 42.6. The molecule has 0 amide bonds. The lowest BCUT2D eigenvalue weighted by atomic mass is 10.0. The molecule has 16 heteroatoms. The van der Waals surface area contributed by atoms with Gasteiger partial charge in [-0.3, -0.25) is 62.3 Å². The number of ether oxygens (including phenoxy) is 3. The standard InChI is InChI=1S/C57H90O16/c1-4-7-10-11-15-24-33-45(58)46(59)34-25-16-14-21-30-39-57(70)73-44(42-71-55(68)37-28-19-12-17-26-35-49(62)53(66)40-51(64)47(60)31-22-8-5-2)43-72-56(69)38-29-20-13-18-27-36-50(63)54(67)41-52(65)48(61)32-23-9-6-3/h44H,4-43H2,1-3H3. The lowest BCUT2D eigenvalue weighted by Gasteiger charge is -2.18. The Morgan fingerprint density at radius 2 is 0.452 bits per heavy atom. The highest BCUT2D eigenvalue weighted by Gasteiger charge is 2.24. The van der Waals surface area contributed by atoms with Crippen molar-refractivity contribution in [1.82, 2.24) is 0 Å². The molecule has 0 fully saturated rings. The van der Waals surface area contributed by atoms with Gasteiger partial charge >= 0.3 is 17.9 Å². The number of hydrogen-bond acceptors (Lipinski definition) is 16. The predicted octanol–water partition coefficient (Wildman–Crippen LogP) is 10.6. The van der Waals surface area contributed by atoms with Crippen LogP contribution in [0.3, 0.4) is 0 Å². The van der Waals surface area contributed by atoms with E-state index in [1.807, 2.05) is 13.8 Å². The summed E-state index contributed by atoms with van der Waals surface area (Å²) in [6.07, 6.45) is 18.1. The fraction of sp³-hybridized carbons (Fsp3) is 0.772. The Labute approximate surface area is 435 Å². The molecule has 0 unspecified atom stereocenters. The minimum Gasteiger partial charge on any atom is -0.462 e. The number of carbonyl (C=O) groups is 13. The second-order valence-corrected chi connectivity index (χ2v) is 19.3. The van der Waals surface area contributed by atoms with Crippen molar-refractivity contribution in [3.05, 3.63) is 0 Å². The maximum absolute atomic E-state index is 12.8. The summed E-state index contributed by atoms with van der Waals surface area (Å²) in [7, 11) is 0. The van der Waals surface area contributed by atoms with Crippen LogP contribution in [0.4, 0.5) is 0 Å². The van der Waals surface area contributed by atoms with Crippen molar-refractivity contribution in [3.8, 4) is 0 Å². The fourth-order valence-electron chi connectivity index (χ4n) is 7.79. The van der Waals surface area contributed by atoms with E-state index in [0.29, 0.717) is 103 Å². The van der Waals surface area contributed by atoms with Crippen LogP contribution in [0.15, 0.2) is 0 Å². The molecule has 0 radical (unpaired) electrons. The average Bonchev–Trinajstić information content (AvgIpc) is 3.36. The van der Waals surface area contributed by atoms with E-state index < -0.39 is 83.1 Å². The zero-order chi connectivity index (χ0) is 54.5. The van der Waals surface area contributed by atoms with Crippen LogP contribution in [0, 0.1) is 0 Å². The summed E-state index contributed by atoms with van der Waals surface area (Å²) >= 11 is 0. The van der Waals surface area contributed by atoms with E-state index >= 15 is 0 Å². The molecule has 0 aromatic heterocycles. The summed E-state index contributed by atoms with van der Waals surface area (Å²) in [5.74, 6) is -8.23. The summed E-state index contributed by atoms with van der Waals surface area (Å²) in [6.45, 7) is 5.40. The monoisotopic (exact) mass is 1030 g/mol. The molecule has 0 aromatic rings. The maximum atomic E-state index is 12.8. The number of hydrogen-bond donors (Lipinski definition) is 0. The van der Waals surface area contributed by atoms with Crippen molar-refractivity contribution >= 4 is 75.7 Å². The third-order valence-electron chi connectivity index (χ3n) is 12.5. The molecule has 16 nitrogen and oxygen atoms in total. The summed E-state index contributed by atoms with van der Waals surface area (Å²) in [4.78, 5) is 159. The molecule has 0 saturated heterocycles. The molecule has 73 heavy (non-hydrogen) atoms. The van der Waals surface area contributed by atoms with Gasteiger partial charge < -0.3 is 14.2 Å². The van der Waals surface area contributed by atoms with Crippen molar-refractivity contribution < 1.29 is 76.5 Å². The van der Waals surface area contributed by atoms with Gasteiger partial charge in [-0.1, -0.05) is 136 Å². The van der Waals surface area contributed by atoms with Gasteiger partial charge in [0.25, 0.3) is 0 Å².